The molecule has 4 rings (SSSR count). The molecule has 3 nitrogen and oxygen atoms in total. The molecule has 0 N–H and O–H groups in total. The lowest BCUT2D eigenvalue weighted by Gasteiger charge is -2.33. The van der Waals surface area contributed by atoms with Gasteiger partial charge in [0.2, 0.25) is 0 Å². The first-order valence-electron chi connectivity index (χ1n) is 9.80. The molecule has 0 fully saturated rings. The van der Waals surface area contributed by atoms with Crippen LogP contribution in [0.1, 0.15) is 16.7 Å². The molecule has 0 saturated carbocycles. The highest BCUT2D eigenvalue weighted by Gasteiger charge is 2.24. The smallest absolute Gasteiger partial charge is 0.153 e. The molecule has 3 aromatic carbocycles. The van der Waals surface area contributed by atoms with E-state index < -0.39 is 0 Å². The molecule has 1 aliphatic rings. The molecule has 0 bridgehead atoms. The van der Waals surface area contributed by atoms with Gasteiger partial charge in [-0.2, -0.15) is 10.5 Å². The van der Waals surface area contributed by atoms with Crippen LogP contribution in [0.3, 0.4) is 0 Å². The Kier molecular flexibility index (Phi) is 5.99. The number of allylic oxidation sites excluding steroid dienone is 4. The number of rotatable bonds is 4. The predicted molar refractivity (Wildman–Crippen MR) is 124 cm³/mol. The van der Waals surface area contributed by atoms with Crippen LogP contribution in [0.15, 0.2) is 108 Å². The fourth-order valence-corrected chi connectivity index (χ4v) is 3.68. The molecule has 1 aliphatic heterocycles. The lowest BCUT2D eigenvalue weighted by Crippen LogP contribution is -2.24. The second-order valence-corrected chi connectivity index (χ2v) is 7.49. The average Bonchev–Trinajstić information content (AvgIpc) is 2.83. The molecule has 31 heavy (non-hydrogen) atoms. The number of hydrogen-bond donors (Lipinski definition) is 0. The quantitative estimate of drug-likeness (QED) is 0.448. The summed E-state index contributed by atoms with van der Waals surface area (Å²) in [5.41, 5.74) is 5.58. The summed E-state index contributed by atoms with van der Waals surface area (Å²) in [4.78, 5) is 2.02. The predicted octanol–water partition coefficient (Wildman–Crippen LogP) is 6.58. The summed E-state index contributed by atoms with van der Waals surface area (Å²) in [6.07, 6.45) is 4.02. The Morgan fingerprint density at radius 2 is 1.32 bits per heavy atom. The van der Waals surface area contributed by atoms with E-state index in [1.165, 1.54) is 0 Å². The summed E-state index contributed by atoms with van der Waals surface area (Å²) in [7, 11) is 0. The third-order valence-electron chi connectivity index (χ3n) is 5.08. The van der Waals surface area contributed by atoms with Gasteiger partial charge in [0.1, 0.15) is 12.1 Å². The van der Waals surface area contributed by atoms with E-state index in [-0.39, 0.29) is 5.57 Å². The van der Waals surface area contributed by atoms with Gasteiger partial charge < -0.3 is 4.90 Å². The van der Waals surface area contributed by atoms with Crippen LogP contribution in [0.4, 0.5) is 0 Å². The zero-order valence-electron chi connectivity index (χ0n) is 16.7. The van der Waals surface area contributed by atoms with Crippen LogP contribution in [0.25, 0.3) is 11.3 Å². The Hall–Kier alpha value is -4.05. The van der Waals surface area contributed by atoms with Crippen molar-refractivity contribution in [3.63, 3.8) is 0 Å². The van der Waals surface area contributed by atoms with Crippen molar-refractivity contribution in [3.05, 3.63) is 130 Å². The first kappa shape index (κ1) is 20.2. The monoisotopic (exact) mass is 419 g/mol. The maximum Gasteiger partial charge on any atom is 0.153 e. The molecule has 0 aliphatic carbocycles. The molecule has 0 radical (unpaired) electrons. The fourth-order valence-electron chi connectivity index (χ4n) is 3.56. The van der Waals surface area contributed by atoms with Crippen LogP contribution in [-0.4, -0.2) is 4.90 Å². The third-order valence-corrected chi connectivity index (χ3v) is 5.33. The van der Waals surface area contributed by atoms with Gasteiger partial charge in [-0.1, -0.05) is 84.4 Å². The minimum atomic E-state index is 0.0731. The molecule has 0 atom stereocenters. The van der Waals surface area contributed by atoms with Crippen molar-refractivity contribution in [1.29, 1.82) is 10.5 Å². The van der Waals surface area contributed by atoms with E-state index in [1.807, 2.05) is 95.9 Å². The summed E-state index contributed by atoms with van der Waals surface area (Å²) >= 11 is 6.06. The average molecular weight is 420 g/mol. The van der Waals surface area contributed by atoms with E-state index in [4.69, 9.17) is 11.6 Å². The number of benzene rings is 3. The van der Waals surface area contributed by atoms with E-state index in [0.29, 0.717) is 17.3 Å². The van der Waals surface area contributed by atoms with Gasteiger partial charge >= 0.3 is 0 Å². The molecule has 0 saturated heterocycles. The minimum absolute atomic E-state index is 0.0731. The van der Waals surface area contributed by atoms with Crippen LogP contribution >= 0.6 is 11.6 Å². The largest absolute Gasteiger partial charge is 0.335 e. The molecule has 148 valence electrons. The van der Waals surface area contributed by atoms with Crippen molar-refractivity contribution >= 4 is 22.9 Å². The molecular formula is C27H18ClN3. The van der Waals surface area contributed by atoms with Crippen LogP contribution < -0.4 is 0 Å². The van der Waals surface area contributed by atoms with Crippen molar-refractivity contribution < 1.29 is 0 Å². The summed E-state index contributed by atoms with van der Waals surface area (Å²) < 4.78 is 0. The highest BCUT2D eigenvalue weighted by Crippen LogP contribution is 2.36. The first-order valence-corrected chi connectivity index (χ1v) is 10.2. The Bertz CT molecular complexity index is 1240. The first-order chi connectivity index (χ1) is 15.2. The lowest BCUT2D eigenvalue weighted by atomic mass is 9.95. The molecule has 3 aromatic rings. The van der Waals surface area contributed by atoms with Crippen molar-refractivity contribution in [2.75, 3.05) is 0 Å². The summed E-state index contributed by atoms with van der Waals surface area (Å²) in [6.45, 7) is 0.499. The van der Waals surface area contributed by atoms with Gasteiger partial charge in [-0.15, -0.1) is 0 Å². The zero-order chi connectivity index (χ0) is 21.6. The number of nitriles is 2. The Morgan fingerprint density at radius 3 is 1.90 bits per heavy atom. The second-order valence-electron chi connectivity index (χ2n) is 7.06. The van der Waals surface area contributed by atoms with Gasteiger partial charge in [-0.3, -0.25) is 0 Å². The van der Waals surface area contributed by atoms with E-state index in [2.05, 4.69) is 18.2 Å². The molecular weight excluding hydrogens is 402 g/mol. The van der Waals surface area contributed by atoms with Crippen molar-refractivity contribution in [3.8, 4) is 12.1 Å². The van der Waals surface area contributed by atoms with Crippen LogP contribution in [0, 0.1) is 22.7 Å². The number of hydrogen-bond acceptors (Lipinski definition) is 3. The lowest BCUT2D eigenvalue weighted by molar-refractivity contribution is 0.493. The van der Waals surface area contributed by atoms with Gasteiger partial charge in [-0.05, 0) is 46.5 Å². The molecule has 4 heteroatoms. The maximum atomic E-state index is 9.69. The summed E-state index contributed by atoms with van der Waals surface area (Å²) in [5, 5.41) is 20.0. The van der Waals surface area contributed by atoms with Gasteiger partial charge in [0.15, 0.2) is 5.57 Å². The minimum Gasteiger partial charge on any atom is -0.335 e. The number of halogens is 1. The summed E-state index contributed by atoms with van der Waals surface area (Å²) in [5.74, 6) is 0. The third kappa shape index (κ3) is 4.43. The zero-order valence-corrected chi connectivity index (χ0v) is 17.4. The Labute approximate surface area is 187 Å². The molecule has 0 unspecified atom stereocenters. The number of nitrogens with zero attached hydrogens (tertiary/aromatic N) is 3. The van der Waals surface area contributed by atoms with E-state index in [9.17, 15) is 10.5 Å². The standard InChI is InChI=1S/C27H18ClN3/c28-25-13-11-20(12-14-25)19-31-26(22-9-5-2-6-10-22)15-23(21-7-3-1-4-8-21)16-27(31)24(17-29)18-30/h1-16H,19H2. The van der Waals surface area contributed by atoms with Gasteiger partial charge in [0.05, 0.1) is 5.70 Å². The van der Waals surface area contributed by atoms with Crippen LogP contribution in [0.2, 0.25) is 5.02 Å². The van der Waals surface area contributed by atoms with E-state index >= 15 is 0 Å². The Morgan fingerprint density at radius 1 is 0.742 bits per heavy atom. The van der Waals surface area contributed by atoms with Gasteiger partial charge in [-0.25, -0.2) is 0 Å². The summed E-state index contributed by atoms with van der Waals surface area (Å²) in [6, 6.07) is 31.7. The van der Waals surface area contributed by atoms with Crippen molar-refractivity contribution in [1.82, 2.24) is 4.90 Å². The highest BCUT2D eigenvalue weighted by molar-refractivity contribution is 6.30. The van der Waals surface area contributed by atoms with Crippen molar-refractivity contribution in [2.24, 2.45) is 0 Å². The van der Waals surface area contributed by atoms with E-state index in [1.54, 1.807) is 0 Å². The van der Waals surface area contributed by atoms with Gasteiger partial charge in [0.25, 0.3) is 0 Å². The Balaban J connectivity index is 1.91. The van der Waals surface area contributed by atoms with Crippen molar-refractivity contribution in [2.45, 2.75) is 6.54 Å². The molecule has 0 aromatic heterocycles. The second kappa shape index (κ2) is 9.18. The maximum absolute atomic E-state index is 9.69. The molecule has 0 spiro atoms. The highest BCUT2D eigenvalue weighted by atomic mass is 35.5. The SMILES string of the molecule is N#CC(C#N)=C1C=C(c2ccccc2)C=C(c2ccccc2)N1Cc1ccc(Cl)cc1. The molecule has 0 amide bonds. The van der Waals surface area contributed by atoms with E-state index in [0.717, 1.165) is 28.0 Å². The normalized spacial score (nSPS) is 13.0. The van der Waals surface area contributed by atoms with Gasteiger partial charge in [0, 0.05) is 17.3 Å². The van der Waals surface area contributed by atoms with Crippen LogP contribution in [-0.2, 0) is 6.54 Å². The topological polar surface area (TPSA) is 50.8 Å². The fraction of sp³-hybridized carbons (Fsp3) is 0.0370. The van der Waals surface area contributed by atoms with Crippen LogP contribution in [0.5, 0.6) is 0 Å². The molecule has 1 heterocycles.